The highest BCUT2D eigenvalue weighted by Crippen LogP contribution is 2.26. The van der Waals surface area contributed by atoms with Crippen molar-refractivity contribution in [2.45, 2.75) is 64.5 Å². The van der Waals surface area contributed by atoms with Crippen molar-refractivity contribution in [2.75, 3.05) is 0 Å². The Morgan fingerprint density at radius 2 is 1.97 bits per heavy atom. The Labute approximate surface area is 171 Å². The Bertz CT molecular complexity index is 891. The maximum absolute atomic E-state index is 13.0. The normalized spacial score (nSPS) is 19.7. The highest BCUT2D eigenvalue weighted by molar-refractivity contribution is 6.06. The lowest BCUT2D eigenvalue weighted by Gasteiger charge is -2.24. The summed E-state index contributed by atoms with van der Waals surface area (Å²) in [7, 11) is 0. The molecule has 1 aromatic carbocycles. The summed E-state index contributed by atoms with van der Waals surface area (Å²) >= 11 is 0. The van der Waals surface area contributed by atoms with Gasteiger partial charge in [-0.1, -0.05) is 44.4 Å². The van der Waals surface area contributed by atoms with Crippen molar-refractivity contribution >= 4 is 28.5 Å². The Kier molecular flexibility index (Phi) is 6.96. The van der Waals surface area contributed by atoms with Crippen LogP contribution in [0.25, 0.3) is 10.9 Å². The van der Waals surface area contributed by atoms with Crippen LogP contribution in [0.2, 0.25) is 0 Å². The number of benzene rings is 1. The van der Waals surface area contributed by atoms with E-state index in [1.54, 1.807) is 19.2 Å². The number of hydrogen-bond acceptors (Lipinski definition) is 4. The van der Waals surface area contributed by atoms with E-state index < -0.39 is 6.04 Å². The van der Waals surface area contributed by atoms with E-state index in [0.29, 0.717) is 17.5 Å². The topological polar surface area (TPSA) is 88.2 Å². The number of pyridine rings is 1. The van der Waals surface area contributed by atoms with Crippen LogP contribution in [0.1, 0.15) is 62.7 Å². The summed E-state index contributed by atoms with van der Waals surface area (Å²) in [6.07, 6.45) is 6.52. The maximum atomic E-state index is 13.0. The summed E-state index contributed by atoms with van der Waals surface area (Å²) < 4.78 is 0. The summed E-state index contributed by atoms with van der Waals surface area (Å²) in [5.74, 6) is -0.522. The van der Waals surface area contributed by atoms with Crippen LogP contribution in [0.5, 0.6) is 0 Å². The highest BCUT2D eigenvalue weighted by Gasteiger charge is 2.33. The zero-order chi connectivity index (χ0) is 20.8. The number of ketones is 1. The maximum Gasteiger partial charge on any atom is 0.254 e. The molecule has 6 nitrogen and oxygen atoms in total. The van der Waals surface area contributed by atoms with Crippen molar-refractivity contribution in [3.8, 4) is 0 Å². The van der Waals surface area contributed by atoms with Crippen LogP contribution < -0.4 is 10.6 Å². The third kappa shape index (κ3) is 5.00. The van der Waals surface area contributed by atoms with Gasteiger partial charge < -0.3 is 10.6 Å². The number of rotatable bonds is 8. The van der Waals surface area contributed by atoms with Crippen LogP contribution in [0.4, 0.5) is 0 Å². The Morgan fingerprint density at radius 1 is 1.17 bits per heavy atom. The molecule has 0 spiro atoms. The van der Waals surface area contributed by atoms with E-state index in [2.05, 4.69) is 15.6 Å². The van der Waals surface area contributed by atoms with E-state index in [4.69, 9.17) is 0 Å². The van der Waals surface area contributed by atoms with Crippen molar-refractivity contribution in [3.63, 3.8) is 0 Å². The molecule has 2 aromatic rings. The molecule has 1 aliphatic carbocycles. The molecule has 29 heavy (non-hydrogen) atoms. The van der Waals surface area contributed by atoms with Crippen LogP contribution in [0.3, 0.4) is 0 Å². The molecule has 0 aliphatic heterocycles. The second-order valence-corrected chi connectivity index (χ2v) is 7.81. The van der Waals surface area contributed by atoms with Gasteiger partial charge in [0.25, 0.3) is 5.91 Å². The van der Waals surface area contributed by atoms with Gasteiger partial charge >= 0.3 is 0 Å². The molecule has 0 radical (unpaired) electrons. The standard InChI is InChI=1S/C23H29N3O3/c1-3-4-12-20(23(29)25-19-13-6-10-17(19)15(2)27)26-22(28)18-11-5-8-16-9-7-14-24-21(16)18/h5,7-9,11,14,17,19-20H,3-4,6,10,12-13H2,1-2H3,(H,25,29)(H,26,28)/t17-,19-,20-/m0/s1. The number of hydrogen-bond donors (Lipinski definition) is 2. The molecule has 6 heteroatoms. The fourth-order valence-electron chi connectivity index (χ4n) is 4.10. The molecule has 3 rings (SSSR count). The number of nitrogens with one attached hydrogen (secondary N) is 2. The Morgan fingerprint density at radius 3 is 2.72 bits per heavy atom. The lowest BCUT2D eigenvalue weighted by atomic mass is 9.98. The monoisotopic (exact) mass is 395 g/mol. The van der Waals surface area contributed by atoms with Gasteiger partial charge in [0.15, 0.2) is 0 Å². The van der Waals surface area contributed by atoms with Gasteiger partial charge in [-0.25, -0.2) is 0 Å². The lowest BCUT2D eigenvalue weighted by molar-refractivity contribution is -0.125. The number of carbonyl (C=O) groups excluding carboxylic acids is 3. The molecular formula is C23H29N3O3. The summed E-state index contributed by atoms with van der Waals surface area (Å²) in [5, 5.41) is 6.80. The molecule has 1 aromatic heterocycles. The molecule has 3 atom stereocenters. The highest BCUT2D eigenvalue weighted by atomic mass is 16.2. The van der Waals surface area contributed by atoms with Crippen molar-refractivity contribution in [1.29, 1.82) is 0 Å². The first kappa shape index (κ1) is 21.0. The van der Waals surface area contributed by atoms with Gasteiger partial charge in [0.1, 0.15) is 11.8 Å². The molecule has 2 N–H and O–H groups in total. The second-order valence-electron chi connectivity index (χ2n) is 7.81. The first-order chi connectivity index (χ1) is 14.0. The van der Waals surface area contributed by atoms with E-state index >= 15 is 0 Å². The molecule has 0 saturated heterocycles. The quantitative estimate of drug-likeness (QED) is 0.717. The van der Waals surface area contributed by atoms with Gasteiger partial charge in [-0.15, -0.1) is 0 Å². The van der Waals surface area contributed by atoms with Gasteiger partial charge in [0.05, 0.1) is 11.1 Å². The van der Waals surface area contributed by atoms with Gasteiger partial charge in [0, 0.05) is 23.5 Å². The molecule has 154 valence electrons. The number of aromatic nitrogens is 1. The number of fused-ring (bicyclic) bond motifs is 1. The molecule has 1 heterocycles. The molecule has 1 aliphatic rings. The third-order valence-electron chi connectivity index (χ3n) is 5.71. The van der Waals surface area contributed by atoms with Gasteiger partial charge in [-0.3, -0.25) is 19.4 Å². The SMILES string of the molecule is CCCC[C@H](NC(=O)c1cccc2cccnc12)C(=O)N[C@H]1CCC[C@H]1C(C)=O. The van der Waals surface area contributed by atoms with Crippen molar-refractivity contribution in [1.82, 2.24) is 15.6 Å². The first-order valence-electron chi connectivity index (χ1n) is 10.5. The molecule has 0 unspecified atom stereocenters. The number of unbranched alkanes of at least 4 members (excludes halogenated alkanes) is 1. The smallest absolute Gasteiger partial charge is 0.254 e. The number of Topliss-reactive ketones (excluding diaryl/α,β-unsaturated/α-hetero) is 1. The van der Waals surface area contributed by atoms with E-state index in [1.807, 2.05) is 31.2 Å². The summed E-state index contributed by atoms with van der Waals surface area (Å²) in [5.41, 5.74) is 1.08. The van der Waals surface area contributed by atoms with Crippen LogP contribution in [-0.2, 0) is 9.59 Å². The van der Waals surface area contributed by atoms with E-state index in [9.17, 15) is 14.4 Å². The average molecular weight is 396 g/mol. The van der Waals surface area contributed by atoms with Gasteiger partial charge in [-0.05, 0) is 38.3 Å². The number of amides is 2. The second kappa shape index (κ2) is 9.63. The van der Waals surface area contributed by atoms with Crippen molar-refractivity contribution in [3.05, 3.63) is 42.1 Å². The molecule has 2 amide bonds. The van der Waals surface area contributed by atoms with Crippen LogP contribution >= 0.6 is 0 Å². The van der Waals surface area contributed by atoms with Crippen LogP contribution in [0, 0.1) is 5.92 Å². The molecule has 0 bridgehead atoms. The van der Waals surface area contributed by atoms with Crippen molar-refractivity contribution in [2.24, 2.45) is 5.92 Å². The molecule has 1 saturated carbocycles. The average Bonchev–Trinajstić information content (AvgIpc) is 3.18. The Balaban J connectivity index is 1.75. The van der Waals surface area contributed by atoms with E-state index in [1.165, 1.54) is 0 Å². The number of para-hydroxylation sites is 1. The predicted octanol–water partition coefficient (Wildman–Crippen LogP) is 3.40. The predicted molar refractivity (Wildman–Crippen MR) is 112 cm³/mol. The Hall–Kier alpha value is -2.76. The van der Waals surface area contributed by atoms with Gasteiger partial charge in [0.2, 0.25) is 5.91 Å². The fourth-order valence-corrected chi connectivity index (χ4v) is 4.10. The third-order valence-corrected chi connectivity index (χ3v) is 5.71. The lowest BCUT2D eigenvalue weighted by Crippen LogP contribution is -2.51. The number of nitrogens with zero attached hydrogens (tertiary/aromatic N) is 1. The largest absolute Gasteiger partial charge is 0.351 e. The zero-order valence-electron chi connectivity index (χ0n) is 17.1. The minimum Gasteiger partial charge on any atom is -0.351 e. The minimum atomic E-state index is -0.630. The summed E-state index contributed by atoms with van der Waals surface area (Å²) in [6, 6.07) is 8.41. The minimum absolute atomic E-state index is 0.115. The van der Waals surface area contributed by atoms with E-state index in [-0.39, 0.29) is 29.6 Å². The zero-order valence-corrected chi connectivity index (χ0v) is 17.1. The van der Waals surface area contributed by atoms with Gasteiger partial charge in [-0.2, -0.15) is 0 Å². The van der Waals surface area contributed by atoms with E-state index in [0.717, 1.165) is 37.5 Å². The number of carbonyl (C=O) groups is 3. The van der Waals surface area contributed by atoms with Crippen LogP contribution in [0.15, 0.2) is 36.5 Å². The molecule has 1 fully saturated rings. The van der Waals surface area contributed by atoms with Crippen molar-refractivity contribution < 1.29 is 14.4 Å². The molecular weight excluding hydrogens is 366 g/mol. The fraction of sp³-hybridized carbons (Fsp3) is 0.478. The summed E-state index contributed by atoms with van der Waals surface area (Å²) in [6.45, 7) is 3.63. The first-order valence-corrected chi connectivity index (χ1v) is 10.5. The van der Waals surface area contributed by atoms with Crippen LogP contribution in [-0.4, -0.2) is 34.7 Å². The summed E-state index contributed by atoms with van der Waals surface area (Å²) in [4.78, 5) is 42.1.